The number of hydrogen-bond donors (Lipinski definition) is 4. The molecule has 0 bridgehead atoms. The van der Waals surface area contributed by atoms with Gasteiger partial charge in [0.25, 0.3) is 0 Å². The SMILES string of the molecule is CS(=O)(=O)NS(=O)(=O)NS(C)(=O)=O.CS(=O)(=O)NS(=O)(=O)NS(C)(=O)=O. The highest BCUT2D eigenvalue weighted by molar-refractivity contribution is 8.10. The molecule has 0 unspecified atom stereocenters. The molecule has 0 saturated carbocycles. The summed E-state index contributed by atoms with van der Waals surface area (Å²) in [6.45, 7) is 0. The summed E-state index contributed by atoms with van der Waals surface area (Å²) in [4.78, 5) is 0. The molecule has 0 rings (SSSR count). The summed E-state index contributed by atoms with van der Waals surface area (Å²) in [5.74, 6) is 0. The molecule has 0 fully saturated rings. The molecule has 16 nitrogen and oxygen atoms in total. The van der Waals surface area contributed by atoms with Gasteiger partial charge in [-0.05, 0) is 0 Å². The zero-order chi connectivity index (χ0) is 21.8. The molecule has 4 N–H and O–H groups in total. The van der Waals surface area contributed by atoms with Gasteiger partial charge < -0.3 is 0 Å². The highest BCUT2D eigenvalue weighted by Crippen LogP contribution is 1.86. The van der Waals surface area contributed by atoms with Gasteiger partial charge >= 0.3 is 20.4 Å². The average Bonchev–Trinajstić information content (AvgIpc) is 1.97. The molecule has 0 aromatic rings. The van der Waals surface area contributed by atoms with Crippen molar-refractivity contribution in [3.05, 3.63) is 0 Å². The summed E-state index contributed by atoms with van der Waals surface area (Å²) in [5.41, 5.74) is 0. The number of rotatable bonds is 8. The van der Waals surface area contributed by atoms with Crippen molar-refractivity contribution in [2.75, 3.05) is 25.0 Å². The predicted octanol–water partition coefficient (Wildman–Crippen LogP) is -5.34. The predicted molar refractivity (Wildman–Crippen MR) is 89.8 cm³/mol. The molecule has 0 saturated heterocycles. The third-order valence-corrected chi connectivity index (χ3v) is 9.40. The summed E-state index contributed by atoms with van der Waals surface area (Å²) in [5, 5.41) is 0. The molecular weight excluding hydrogens is 488 g/mol. The average molecular weight is 505 g/mol. The van der Waals surface area contributed by atoms with Crippen molar-refractivity contribution in [1.82, 2.24) is 16.5 Å². The van der Waals surface area contributed by atoms with Gasteiger partial charge in [-0.15, -0.1) is 0 Å². The zero-order valence-corrected chi connectivity index (χ0v) is 18.2. The second kappa shape index (κ2) is 8.70. The second-order valence-electron chi connectivity index (χ2n) is 4.43. The van der Waals surface area contributed by atoms with Crippen molar-refractivity contribution in [2.45, 2.75) is 0 Å². The maximum Gasteiger partial charge on any atom is 0.303 e. The van der Waals surface area contributed by atoms with E-state index in [9.17, 15) is 50.5 Å². The molecule has 0 heterocycles. The molecular formula is C4H16N4O12S6. The maximum absolute atomic E-state index is 10.7. The van der Waals surface area contributed by atoms with Crippen LogP contribution in [0.2, 0.25) is 0 Å². The van der Waals surface area contributed by atoms with Crippen molar-refractivity contribution in [2.24, 2.45) is 0 Å². The van der Waals surface area contributed by atoms with Gasteiger partial charge in [0.1, 0.15) is 0 Å². The van der Waals surface area contributed by atoms with Gasteiger partial charge in [0.2, 0.25) is 40.1 Å². The Balaban J connectivity index is 0. The fourth-order valence-electron chi connectivity index (χ4n) is 0.831. The van der Waals surface area contributed by atoms with Crippen LogP contribution in [-0.2, 0) is 60.5 Å². The number of sulfonamides is 4. The smallest absolute Gasteiger partial charge is 0.212 e. The standard InChI is InChI=1S/2C2H8N2O6S3/c2*1-11(5,6)3-13(9,10)4-12(2,7)8/h2*3-4H,1-2H3. The van der Waals surface area contributed by atoms with E-state index in [2.05, 4.69) is 0 Å². The van der Waals surface area contributed by atoms with Crippen molar-refractivity contribution >= 4 is 60.5 Å². The molecule has 160 valence electrons. The monoisotopic (exact) mass is 504 g/mol. The Morgan fingerprint density at radius 2 is 0.462 bits per heavy atom. The molecule has 0 spiro atoms. The van der Waals surface area contributed by atoms with E-state index >= 15 is 0 Å². The Labute approximate surface area is 152 Å². The van der Waals surface area contributed by atoms with Crippen LogP contribution in [0.4, 0.5) is 0 Å². The van der Waals surface area contributed by atoms with E-state index in [1.165, 1.54) is 0 Å². The van der Waals surface area contributed by atoms with Gasteiger partial charge in [0.15, 0.2) is 0 Å². The molecule has 0 aliphatic rings. The largest absolute Gasteiger partial charge is 0.303 e. The highest BCUT2D eigenvalue weighted by atomic mass is 32.3. The van der Waals surface area contributed by atoms with E-state index in [0.29, 0.717) is 25.0 Å². The Morgan fingerprint density at radius 3 is 0.538 bits per heavy atom. The van der Waals surface area contributed by atoms with E-state index in [4.69, 9.17) is 0 Å². The van der Waals surface area contributed by atoms with E-state index in [1.807, 2.05) is 0 Å². The molecule has 22 heteroatoms. The fraction of sp³-hybridized carbons (Fsp3) is 1.00. The van der Waals surface area contributed by atoms with Crippen LogP contribution < -0.4 is 16.5 Å². The van der Waals surface area contributed by atoms with E-state index in [1.54, 1.807) is 0 Å². The molecule has 0 aliphatic heterocycles. The van der Waals surface area contributed by atoms with Crippen LogP contribution in [-0.4, -0.2) is 75.5 Å². The molecule has 0 amide bonds. The van der Waals surface area contributed by atoms with Crippen LogP contribution in [0.5, 0.6) is 0 Å². The van der Waals surface area contributed by atoms with Crippen molar-refractivity contribution in [3.63, 3.8) is 0 Å². The van der Waals surface area contributed by atoms with E-state index in [-0.39, 0.29) is 0 Å². The summed E-state index contributed by atoms with van der Waals surface area (Å²) in [7, 11) is -25.2. The summed E-state index contributed by atoms with van der Waals surface area (Å²) in [6, 6.07) is 0. The van der Waals surface area contributed by atoms with Gasteiger partial charge in [0, 0.05) is 0 Å². The van der Waals surface area contributed by atoms with Crippen molar-refractivity contribution < 1.29 is 50.5 Å². The second-order valence-corrected chi connectivity index (χ2v) is 15.3. The topological polar surface area (TPSA) is 253 Å². The first-order chi connectivity index (χ1) is 10.8. The minimum atomic E-state index is -4.57. The van der Waals surface area contributed by atoms with Gasteiger partial charge in [-0.1, -0.05) is 16.5 Å². The van der Waals surface area contributed by atoms with Gasteiger partial charge in [-0.25, -0.2) is 33.7 Å². The molecule has 0 aromatic heterocycles. The quantitative estimate of drug-likeness (QED) is 0.242. The van der Waals surface area contributed by atoms with Crippen LogP contribution in [0.3, 0.4) is 0 Å². The first-order valence-corrected chi connectivity index (χ1v) is 15.8. The van der Waals surface area contributed by atoms with Crippen LogP contribution in [0, 0.1) is 0 Å². The fourth-order valence-corrected chi connectivity index (χ4v) is 8.09. The highest BCUT2D eigenvalue weighted by Gasteiger charge is 2.21. The third kappa shape index (κ3) is 21.6. The van der Waals surface area contributed by atoms with Crippen molar-refractivity contribution in [3.8, 4) is 0 Å². The molecule has 0 aliphatic carbocycles. The van der Waals surface area contributed by atoms with E-state index in [0.717, 1.165) is 16.5 Å². The maximum atomic E-state index is 10.7. The minimum absolute atomic E-state index is 0.578. The van der Waals surface area contributed by atoms with Crippen molar-refractivity contribution in [1.29, 1.82) is 0 Å². The lowest BCUT2D eigenvalue weighted by Gasteiger charge is -2.03. The Bertz CT molecular complexity index is 950. The number of hydrogen-bond acceptors (Lipinski definition) is 12. The normalized spacial score (nSPS) is 14.3. The molecule has 0 radical (unpaired) electrons. The van der Waals surface area contributed by atoms with Crippen LogP contribution in [0.15, 0.2) is 0 Å². The first kappa shape index (κ1) is 27.8. The van der Waals surface area contributed by atoms with Crippen LogP contribution >= 0.6 is 0 Å². The van der Waals surface area contributed by atoms with Gasteiger partial charge in [-0.3, -0.25) is 0 Å². The minimum Gasteiger partial charge on any atom is -0.212 e. The molecule has 0 aromatic carbocycles. The summed E-state index contributed by atoms with van der Waals surface area (Å²) in [6.07, 6.45) is 2.31. The Morgan fingerprint density at radius 1 is 0.346 bits per heavy atom. The van der Waals surface area contributed by atoms with Gasteiger partial charge in [0.05, 0.1) is 25.0 Å². The number of nitrogens with one attached hydrogen (secondary N) is 4. The Kier molecular flexibility index (Phi) is 9.29. The Hall–Kier alpha value is -0.460. The molecule has 26 heavy (non-hydrogen) atoms. The third-order valence-electron chi connectivity index (χ3n) is 1.04. The van der Waals surface area contributed by atoms with Gasteiger partial charge in [-0.2, -0.15) is 16.8 Å². The molecule has 0 atom stereocenters. The lowest BCUT2D eigenvalue weighted by molar-refractivity contribution is 0.567. The van der Waals surface area contributed by atoms with Crippen LogP contribution in [0.1, 0.15) is 0 Å². The van der Waals surface area contributed by atoms with E-state index < -0.39 is 60.5 Å². The lowest BCUT2D eigenvalue weighted by atomic mass is 12.0. The van der Waals surface area contributed by atoms with Crippen LogP contribution in [0.25, 0.3) is 0 Å². The summed E-state index contributed by atoms with van der Waals surface area (Å²) < 4.78 is 130. The lowest BCUT2D eigenvalue weighted by Crippen LogP contribution is -2.42. The first-order valence-electron chi connectivity index (χ1n) is 5.27. The summed E-state index contributed by atoms with van der Waals surface area (Å²) >= 11 is 0. The zero-order valence-electron chi connectivity index (χ0n) is 13.3.